The van der Waals surface area contributed by atoms with Crippen LogP contribution in [0.4, 0.5) is 5.95 Å². The maximum atomic E-state index is 11.3. The molecule has 2 aromatic heterocycles. The van der Waals surface area contributed by atoms with E-state index in [2.05, 4.69) is 15.1 Å². The second kappa shape index (κ2) is 2.58. The zero-order valence-corrected chi connectivity index (χ0v) is 7.11. The predicted octanol–water partition coefficient (Wildman–Crippen LogP) is -0.438. The van der Waals surface area contributed by atoms with Gasteiger partial charge in [-0.1, -0.05) is 6.92 Å². The lowest BCUT2D eigenvalue weighted by Gasteiger charge is -1.96. The topological polar surface area (TPSA) is 89.1 Å². The third kappa shape index (κ3) is 1.07. The Morgan fingerprint density at radius 3 is 3.15 bits per heavy atom. The van der Waals surface area contributed by atoms with Crippen molar-refractivity contribution >= 4 is 11.6 Å². The van der Waals surface area contributed by atoms with Crippen LogP contribution in [-0.4, -0.2) is 19.6 Å². The summed E-state index contributed by atoms with van der Waals surface area (Å²) in [5.74, 6) is 0.102. The van der Waals surface area contributed by atoms with Crippen LogP contribution in [-0.2, 0) is 6.42 Å². The molecule has 0 aliphatic rings. The fourth-order valence-corrected chi connectivity index (χ4v) is 1.19. The van der Waals surface area contributed by atoms with Crippen molar-refractivity contribution in [2.75, 3.05) is 5.73 Å². The minimum absolute atomic E-state index is 0.102. The van der Waals surface area contributed by atoms with E-state index in [0.29, 0.717) is 0 Å². The van der Waals surface area contributed by atoms with Crippen LogP contribution < -0.4 is 11.3 Å². The van der Waals surface area contributed by atoms with Crippen LogP contribution >= 0.6 is 0 Å². The third-order valence-corrected chi connectivity index (χ3v) is 1.82. The molecule has 0 aromatic carbocycles. The molecule has 0 atom stereocenters. The molecule has 0 unspecified atom stereocenters. The Balaban J connectivity index is 2.90. The molecule has 0 fully saturated rings. The van der Waals surface area contributed by atoms with Crippen molar-refractivity contribution in [1.82, 2.24) is 19.6 Å². The number of aromatic nitrogens is 4. The summed E-state index contributed by atoms with van der Waals surface area (Å²) in [5.41, 5.74) is 6.23. The molecule has 0 radical (unpaired) electrons. The fraction of sp³-hybridized carbons (Fsp3) is 0.286. The smallest absolute Gasteiger partial charge is 0.295 e. The summed E-state index contributed by atoms with van der Waals surface area (Å²) >= 11 is 0. The third-order valence-electron chi connectivity index (χ3n) is 1.82. The molecule has 2 aromatic rings. The SMILES string of the molecule is CCc1cnc2c(=O)[nH]c(N)nn12. The van der Waals surface area contributed by atoms with Gasteiger partial charge in [-0.3, -0.25) is 9.78 Å². The van der Waals surface area contributed by atoms with E-state index >= 15 is 0 Å². The van der Waals surface area contributed by atoms with Gasteiger partial charge in [0.2, 0.25) is 11.6 Å². The number of aryl methyl sites for hydroxylation is 1. The predicted molar refractivity (Wildman–Crippen MR) is 47.4 cm³/mol. The lowest BCUT2D eigenvalue weighted by molar-refractivity contribution is 0.837. The van der Waals surface area contributed by atoms with Gasteiger partial charge in [0.1, 0.15) is 0 Å². The van der Waals surface area contributed by atoms with Crippen molar-refractivity contribution in [3.63, 3.8) is 0 Å². The van der Waals surface area contributed by atoms with Crippen LogP contribution in [0.15, 0.2) is 11.0 Å². The first kappa shape index (κ1) is 7.78. The highest BCUT2D eigenvalue weighted by atomic mass is 16.1. The molecule has 3 N–H and O–H groups in total. The Kier molecular flexibility index (Phi) is 1.54. The van der Waals surface area contributed by atoms with Gasteiger partial charge in [-0.2, -0.15) is 0 Å². The van der Waals surface area contributed by atoms with Gasteiger partial charge in [-0.15, -0.1) is 5.10 Å². The van der Waals surface area contributed by atoms with E-state index in [4.69, 9.17) is 5.73 Å². The number of fused-ring (bicyclic) bond motifs is 1. The second-order valence-electron chi connectivity index (χ2n) is 2.68. The second-order valence-corrected chi connectivity index (χ2v) is 2.68. The van der Waals surface area contributed by atoms with Gasteiger partial charge in [0.15, 0.2) is 0 Å². The van der Waals surface area contributed by atoms with E-state index in [-0.39, 0.29) is 17.2 Å². The molecule has 0 bridgehead atoms. The number of nitrogens with two attached hydrogens (primary N) is 1. The molecular weight excluding hydrogens is 170 g/mol. The molecule has 13 heavy (non-hydrogen) atoms. The van der Waals surface area contributed by atoms with Gasteiger partial charge < -0.3 is 5.73 Å². The summed E-state index contributed by atoms with van der Waals surface area (Å²) in [5, 5.41) is 3.94. The summed E-state index contributed by atoms with van der Waals surface area (Å²) in [6.45, 7) is 1.96. The van der Waals surface area contributed by atoms with Crippen LogP contribution in [0.3, 0.4) is 0 Å². The first-order valence-electron chi connectivity index (χ1n) is 3.94. The summed E-state index contributed by atoms with van der Waals surface area (Å²) in [7, 11) is 0. The van der Waals surface area contributed by atoms with Crippen molar-refractivity contribution in [2.24, 2.45) is 0 Å². The van der Waals surface area contributed by atoms with E-state index in [1.54, 1.807) is 6.20 Å². The number of H-pyrrole nitrogens is 1. The molecule has 0 saturated carbocycles. The summed E-state index contributed by atoms with van der Waals surface area (Å²) in [6, 6.07) is 0. The number of aromatic amines is 1. The molecule has 68 valence electrons. The van der Waals surface area contributed by atoms with Crippen LogP contribution in [0, 0.1) is 0 Å². The first-order chi connectivity index (χ1) is 6.22. The zero-order chi connectivity index (χ0) is 9.42. The fourth-order valence-electron chi connectivity index (χ4n) is 1.19. The standard InChI is InChI=1S/C7H9N5O/c1-2-4-3-9-5-6(13)10-7(8)11-12(4)5/h3H,2H2,1H3,(H3,8,10,11,13). The van der Waals surface area contributed by atoms with Crippen LogP contribution in [0.5, 0.6) is 0 Å². The lowest BCUT2D eigenvalue weighted by atomic mass is 10.4. The average Bonchev–Trinajstić information content (AvgIpc) is 2.47. The molecule has 0 aliphatic heterocycles. The molecule has 0 spiro atoms. The Labute approximate surface area is 73.4 Å². The van der Waals surface area contributed by atoms with Gasteiger partial charge in [-0.25, -0.2) is 9.50 Å². The zero-order valence-electron chi connectivity index (χ0n) is 7.11. The number of nitrogens with zero attached hydrogens (tertiary/aromatic N) is 3. The quantitative estimate of drug-likeness (QED) is 0.621. The molecule has 0 aliphatic carbocycles. The normalized spacial score (nSPS) is 10.8. The number of hydrogen-bond donors (Lipinski definition) is 2. The number of anilines is 1. The summed E-state index contributed by atoms with van der Waals surface area (Å²) in [6.07, 6.45) is 2.38. The maximum Gasteiger partial charge on any atom is 0.295 e. The minimum atomic E-state index is -0.313. The van der Waals surface area contributed by atoms with Gasteiger partial charge in [0, 0.05) is 0 Å². The first-order valence-corrected chi connectivity index (χ1v) is 3.94. The Morgan fingerprint density at radius 2 is 2.46 bits per heavy atom. The molecule has 6 heteroatoms. The van der Waals surface area contributed by atoms with Gasteiger partial charge in [0.05, 0.1) is 11.9 Å². The van der Waals surface area contributed by atoms with Crippen molar-refractivity contribution in [3.05, 3.63) is 22.2 Å². The number of rotatable bonds is 1. The summed E-state index contributed by atoms with van der Waals surface area (Å²) < 4.78 is 1.47. The Bertz CT molecular complexity index is 497. The van der Waals surface area contributed by atoms with Crippen LogP contribution in [0.2, 0.25) is 0 Å². The number of nitrogen functional groups attached to an aromatic ring is 1. The van der Waals surface area contributed by atoms with Crippen molar-refractivity contribution < 1.29 is 0 Å². The molecule has 2 rings (SSSR count). The number of imidazole rings is 1. The molecule has 0 amide bonds. The van der Waals surface area contributed by atoms with Crippen molar-refractivity contribution in [2.45, 2.75) is 13.3 Å². The van der Waals surface area contributed by atoms with E-state index in [9.17, 15) is 4.79 Å². The monoisotopic (exact) mass is 179 g/mol. The van der Waals surface area contributed by atoms with E-state index in [1.807, 2.05) is 6.92 Å². The molecule has 2 heterocycles. The largest absolute Gasteiger partial charge is 0.368 e. The van der Waals surface area contributed by atoms with Crippen molar-refractivity contribution in [1.29, 1.82) is 0 Å². The Hall–Kier alpha value is -1.85. The highest BCUT2D eigenvalue weighted by Crippen LogP contribution is 2.01. The van der Waals surface area contributed by atoms with E-state index in [1.165, 1.54) is 4.52 Å². The lowest BCUT2D eigenvalue weighted by Crippen LogP contribution is -2.16. The van der Waals surface area contributed by atoms with Gasteiger partial charge in [-0.05, 0) is 6.42 Å². The summed E-state index contributed by atoms with van der Waals surface area (Å²) in [4.78, 5) is 17.6. The number of hydrogen-bond acceptors (Lipinski definition) is 4. The van der Waals surface area contributed by atoms with E-state index < -0.39 is 0 Å². The molecular formula is C7H9N5O. The van der Waals surface area contributed by atoms with Crippen LogP contribution in [0.1, 0.15) is 12.6 Å². The minimum Gasteiger partial charge on any atom is -0.368 e. The number of nitrogens with one attached hydrogen (secondary N) is 1. The van der Waals surface area contributed by atoms with Gasteiger partial charge in [0.25, 0.3) is 5.56 Å². The molecule has 0 saturated heterocycles. The van der Waals surface area contributed by atoms with Crippen molar-refractivity contribution in [3.8, 4) is 0 Å². The molecule has 6 nitrogen and oxygen atoms in total. The Morgan fingerprint density at radius 1 is 1.69 bits per heavy atom. The van der Waals surface area contributed by atoms with Crippen LogP contribution in [0.25, 0.3) is 5.65 Å². The maximum absolute atomic E-state index is 11.3. The highest BCUT2D eigenvalue weighted by Gasteiger charge is 2.06. The average molecular weight is 179 g/mol. The van der Waals surface area contributed by atoms with Gasteiger partial charge >= 0.3 is 0 Å². The van der Waals surface area contributed by atoms with E-state index in [0.717, 1.165) is 12.1 Å². The highest BCUT2D eigenvalue weighted by molar-refractivity contribution is 5.37.